The number of carbonyl (C=O) groups is 1. The summed E-state index contributed by atoms with van der Waals surface area (Å²) in [6, 6.07) is 18.1. The minimum absolute atomic E-state index is 0.245. The van der Waals surface area contributed by atoms with Gasteiger partial charge in [0.05, 0.1) is 4.90 Å². The number of hydrogen-bond acceptors (Lipinski definition) is 5. The van der Waals surface area contributed by atoms with E-state index in [0.717, 1.165) is 21.8 Å². The highest BCUT2D eigenvalue weighted by atomic mass is 32.2. The van der Waals surface area contributed by atoms with Crippen molar-refractivity contribution in [3.8, 4) is 0 Å². The number of hydrogen-bond donors (Lipinski definition) is 1. The number of aromatic nitrogens is 1. The van der Waals surface area contributed by atoms with E-state index in [1.54, 1.807) is 48.3 Å². The standard InChI is InChI=1S/C25H27N3O3S2/c1-3-28(4-2)33(30,31)24-14-7-20(8-15-24)9-16-25(29)27-22-10-12-23(13-11-22)32-19-21-6-5-17-26-18-21/h5-18H,3-4,19H2,1-2H3,(H,27,29)/b16-9+. The van der Waals surface area contributed by atoms with Crippen molar-refractivity contribution in [3.63, 3.8) is 0 Å². The summed E-state index contributed by atoms with van der Waals surface area (Å²) in [7, 11) is -3.49. The van der Waals surface area contributed by atoms with Gasteiger partial charge in [0.2, 0.25) is 15.9 Å². The molecule has 0 atom stereocenters. The zero-order valence-electron chi connectivity index (χ0n) is 18.6. The van der Waals surface area contributed by atoms with Gasteiger partial charge in [-0.15, -0.1) is 11.8 Å². The van der Waals surface area contributed by atoms with Crippen molar-refractivity contribution in [2.45, 2.75) is 29.4 Å². The first-order valence-electron chi connectivity index (χ1n) is 10.6. The van der Waals surface area contributed by atoms with Crippen molar-refractivity contribution in [3.05, 3.63) is 90.3 Å². The molecule has 1 heterocycles. The van der Waals surface area contributed by atoms with Gasteiger partial charge in [-0.25, -0.2) is 8.42 Å². The molecule has 1 amide bonds. The Morgan fingerprint density at radius 2 is 1.73 bits per heavy atom. The van der Waals surface area contributed by atoms with Gasteiger partial charge >= 0.3 is 0 Å². The van der Waals surface area contributed by atoms with Crippen LogP contribution in [0.1, 0.15) is 25.0 Å². The fourth-order valence-corrected chi connectivity index (χ4v) is 5.39. The normalized spacial score (nSPS) is 11.7. The molecule has 0 saturated heterocycles. The highest BCUT2D eigenvalue weighted by Crippen LogP contribution is 2.24. The fourth-order valence-electron chi connectivity index (χ4n) is 3.10. The highest BCUT2D eigenvalue weighted by Gasteiger charge is 2.20. The molecule has 0 unspecified atom stereocenters. The Kier molecular flexibility index (Phi) is 8.82. The molecule has 3 aromatic rings. The number of carbonyl (C=O) groups excluding carboxylic acids is 1. The maximum atomic E-state index is 12.6. The van der Waals surface area contributed by atoms with Crippen LogP contribution < -0.4 is 5.32 Å². The lowest BCUT2D eigenvalue weighted by atomic mass is 10.2. The first-order valence-corrected chi connectivity index (χ1v) is 13.1. The first-order chi connectivity index (χ1) is 15.9. The average Bonchev–Trinajstić information content (AvgIpc) is 2.84. The number of amides is 1. The molecule has 0 fully saturated rings. The van der Waals surface area contributed by atoms with Crippen LogP contribution in [0.5, 0.6) is 0 Å². The van der Waals surface area contributed by atoms with Gasteiger partial charge in [0, 0.05) is 47.9 Å². The number of nitrogens with zero attached hydrogens (tertiary/aromatic N) is 2. The summed E-state index contributed by atoms with van der Waals surface area (Å²) in [6.45, 7) is 4.47. The largest absolute Gasteiger partial charge is 0.323 e. The molecule has 3 rings (SSSR count). The summed E-state index contributed by atoms with van der Waals surface area (Å²) in [4.78, 5) is 17.7. The molecule has 0 aliphatic carbocycles. The third kappa shape index (κ3) is 7.02. The van der Waals surface area contributed by atoms with Crippen molar-refractivity contribution in [1.29, 1.82) is 0 Å². The van der Waals surface area contributed by atoms with Crippen molar-refractivity contribution in [1.82, 2.24) is 9.29 Å². The third-order valence-corrected chi connectivity index (χ3v) is 8.05. The van der Waals surface area contributed by atoms with Gasteiger partial charge in [0.15, 0.2) is 0 Å². The van der Waals surface area contributed by atoms with E-state index in [9.17, 15) is 13.2 Å². The van der Waals surface area contributed by atoms with E-state index in [0.29, 0.717) is 18.8 Å². The van der Waals surface area contributed by atoms with E-state index in [1.807, 2.05) is 56.4 Å². The number of pyridine rings is 1. The van der Waals surface area contributed by atoms with E-state index < -0.39 is 10.0 Å². The van der Waals surface area contributed by atoms with Gasteiger partial charge in [-0.3, -0.25) is 9.78 Å². The summed E-state index contributed by atoms with van der Waals surface area (Å²) in [5.41, 5.74) is 2.60. The van der Waals surface area contributed by atoms with Crippen LogP contribution in [0.25, 0.3) is 6.08 Å². The molecule has 33 heavy (non-hydrogen) atoms. The predicted molar refractivity (Wildman–Crippen MR) is 134 cm³/mol. The zero-order chi connectivity index (χ0) is 23.7. The molecule has 1 aromatic heterocycles. The minimum atomic E-state index is -3.49. The summed E-state index contributed by atoms with van der Waals surface area (Å²) >= 11 is 1.70. The molecule has 6 nitrogen and oxygen atoms in total. The third-order valence-electron chi connectivity index (χ3n) is 4.90. The van der Waals surface area contributed by atoms with Crippen LogP contribution in [-0.2, 0) is 20.6 Å². The van der Waals surface area contributed by atoms with Gasteiger partial charge in [0.25, 0.3) is 0 Å². The zero-order valence-corrected chi connectivity index (χ0v) is 20.3. The van der Waals surface area contributed by atoms with Gasteiger partial charge < -0.3 is 5.32 Å². The molecule has 0 aliphatic heterocycles. The number of nitrogens with one attached hydrogen (secondary N) is 1. The van der Waals surface area contributed by atoms with Crippen LogP contribution >= 0.6 is 11.8 Å². The van der Waals surface area contributed by atoms with Crippen molar-refractivity contribution < 1.29 is 13.2 Å². The Morgan fingerprint density at radius 3 is 2.33 bits per heavy atom. The van der Waals surface area contributed by atoms with Crippen LogP contribution in [0.4, 0.5) is 5.69 Å². The maximum absolute atomic E-state index is 12.6. The number of thioether (sulfide) groups is 1. The quantitative estimate of drug-likeness (QED) is 0.324. The van der Waals surface area contributed by atoms with Gasteiger partial charge in [-0.05, 0) is 59.7 Å². The molecular formula is C25H27N3O3S2. The first kappa shape index (κ1) is 24.7. The second kappa shape index (κ2) is 11.8. The summed E-state index contributed by atoms with van der Waals surface area (Å²) in [5, 5.41) is 2.83. The van der Waals surface area contributed by atoms with Crippen molar-refractivity contribution >= 4 is 39.5 Å². The Morgan fingerprint density at radius 1 is 1.03 bits per heavy atom. The lowest BCUT2D eigenvalue weighted by Crippen LogP contribution is -2.30. The number of rotatable bonds is 10. The maximum Gasteiger partial charge on any atom is 0.248 e. The highest BCUT2D eigenvalue weighted by molar-refractivity contribution is 7.98. The smallest absolute Gasteiger partial charge is 0.248 e. The van der Waals surface area contributed by atoms with E-state index in [-0.39, 0.29) is 10.8 Å². The van der Waals surface area contributed by atoms with Gasteiger partial charge in [0.1, 0.15) is 0 Å². The molecule has 172 valence electrons. The lowest BCUT2D eigenvalue weighted by molar-refractivity contribution is -0.111. The second-order valence-electron chi connectivity index (χ2n) is 7.16. The topological polar surface area (TPSA) is 79.4 Å². The molecule has 0 spiro atoms. The molecule has 0 aliphatic rings. The van der Waals surface area contributed by atoms with Crippen molar-refractivity contribution in [2.24, 2.45) is 0 Å². The SMILES string of the molecule is CCN(CC)S(=O)(=O)c1ccc(/C=C/C(=O)Nc2ccc(SCc3cccnc3)cc2)cc1. The fraction of sp³-hybridized carbons (Fsp3) is 0.200. The second-order valence-corrected chi connectivity index (χ2v) is 10.1. The molecular weight excluding hydrogens is 454 g/mol. The number of anilines is 1. The monoisotopic (exact) mass is 481 g/mol. The van der Waals surface area contributed by atoms with Crippen LogP contribution in [0, 0.1) is 0 Å². The molecule has 2 aromatic carbocycles. The van der Waals surface area contributed by atoms with Gasteiger partial charge in [-0.2, -0.15) is 4.31 Å². The Hall–Kier alpha value is -2.94. The van der Waals surface area contributed by atoms with Crippen LogP contribution in [-0.4, -0.2) is 36.7 Å². The average molecular weight is 482 g/mol. The van der Waals surface area contributed by atoms with Crippen LogP contribution in [0.2, 0.25) is 0 Å². The summed E-state index contributed by atoms with van der Waals surface area (Å²) in [5.74, 6) is 0.572. The lowest BCUT2D eigenvalue weighted by Gasteiger charge is -2.18. The Balaban J connectivity index is 1.54. The minimum Gasteiger partial charge on any atom is -0.323 e. The van der Waals surface area contributed by atoms with E-state index in [1.165, 1.54) is 10.4 Å². The Bertz CT molecular complexity index is 1170. The van der Waals surface area contributed by atoms with Gasteiger partial charge in [-0.1, -0.05) is 32.0 Å². The van der Waals surface area contributed by atoms with E-state index in [2.05, 4.69) is 10.3 Å². The van der Waals surface area contributed by atoms with Crippen LogP contribution in [0.15, 0.2) is 88.9 Å². The van der Waals surface area contributed by atoms with E-state index >= 15 is 0 Å². The Labute approximate surface area is 199 Å². The summed E-state index contributed by atoms with van der Waals surface area (Å²) < 4.78 is 26.5. The molecule has 8 heteroatoms. The molecule has 0 radical (unpaired) electrons. The van der Waals surface area contributed by atoms with E-state index in [4.69, 9.17) is 0 Å². The molecule has 0 bridgehead atoms. The molecule has 0 saturated carbocycles. The summed E-state index contributed by atoms with van der Waals surface area (Å²) in [6.07, 6.45) is 6.69. The van der Waals surface area contributed by atoms with Crippen LogP contribution in [0.3, 0.4) is 0 Å². The predicted octanol–water partition coefficient (Wildman–Crippen LogP) is 5.06. The number of sulfonamides is 1. The molecule has 1 N–H and O–H groups in total. The van der Waals surface area contributed by atoms with Crippen molar-refractivity contribution in [2.75, 3.05) is 18.4 Å². The number of benzene rings is 2.